The van der Waals surface area contributed by atoms with Crippen molar-refractivity contribution >= 4 is 11.6 Å². The third kappa shape index (κ3) is 2.93. The summed E-state index contributed by atoms with van der Waals surface area (Å²) in [6.45, 7) is 4.14. The van der Waals surface area contributed by atoms with Gasteiger partial charge in [0.15, 0.2) is 0 Å². The molecule has 3 rings (SSSR count). The van der Waals surface area contributed by atoms with Crippen LogP contribution in [0.15, 0.2) is 30.7 Å². The Hall–Kier alpha value is -2.01. The lowest BCUT2D eigenvalue weighted by Gasteiger charge is -2.22. The number of nitrogens with one attached hydrogen (secondary N) is 2. The third-order valence-electron chi connectivity index (χ3n) is 3.67. The molecule has 1 aliphatic rings. The van der Waals surface area contributed by atoms with Crippen LogP contribution < -0.4 is 10.6 Å². The highest BCUT2D eigenvalue weighted by Crippen LogP contribution is 2.24. The lowest BCUT2D eigenvalue weighted by Crippen LogP contribution is -2.27. The van der Waals surface area contributed by atoms with Gasteiger partial charge in [-0.15, -0.1) is 0 Å². The lowest BCUT2D eigenvalue weighted by atomic mass is 9.95. The summed E-state index contributed by atoms with van der Waals surface area (Å²) in [5, 5.41) is 6.62. The molecule has 2 N–H and O–H groups in total. The molecule has 20 heavy (non-hydrogen) atoms. The van der Waals surface area contributed by atoms with Crippen LogP contribution in [-0.4, -0.2) is 28.0 Å². The minimum Gasteiger partial charge on any atom is -0.323 e. The summed E-state index contributed by atoms with van der Waals surface area (Å²) in [5.41, 5.74) is 2.17. The third-order valence-corrected chi connectivity index (χ3v) is 3.67. The fraction of sp³-hybridized carbons (Fsp3) is 0.400. The summed E-state index contributed by atoms with van der Waals surface area (Å²) in [6, 6.07) is 3.96. The number of hydrogen-bond donors (Lipinski definition) is 2. The van der Waals surface area contributed by atoms with Gasteiger partial charge in [0.1, 0.15) is 11.6 Å². The number of aryl methyl sites for hydroxylation is 1. The highest BCUT2D eigenvalue weighted by Gasteiger charge is 2.17. The summed E-state index contributed by atoms with van der Waals surface area (Å²) in [6.07, 6.45) is 7.66. The zero-order valence-corrected chi connectivity index (χ0v) is 11.6. The van der Waals surface area contributed by atoms with Gasteiger partial charge in [0, 0.05) is 18.3 Å². The fourth-order valence-corrected chi connectivity index (χ4v) is 2.49. The zero-order valence-electron chi connectivity index (χ0n) is 11.6. The second kappa shape index (κ2) is 5.96. The molecule has 5 heteroatoms. The largest absolute Gasteiger partial charge is 0.323 e. The molecule has 0 amide bonds. The van der Waals surface area contributed by atoms with E-state index < -0.39 is 0 Å². The van der Waals surface area contributed by atoms with Crippen LogP contribution in [-0.2, 0) is 0 Å². The molecular weight excluding hydrogens is 250 g/mol. The average Bonchev–Trinajstić information content (AvgIpc) is 2.51. The molecule has 1 aliphatic heterocycles. The van der Waals surface area contributed by atoms with Gasteiger partial charge in [0.2, 0.25) is 0 Å². The Morgan fingerprint density at radius 1 is 1.25 bits per heavy atom. The first-order valence-electron chi connectivity index (χ1n) is 7.04. The SMILES string of the molecule is Cc1cccnc1Nc1cncc(C2CCNCC2)n1. The van der Waals surface area contributed by atoms with Crippen molar-refractivity contribution in [3.05, 3.63) is 42.0 Å². The molecule has 2 aromatic heterocycles. The van der Waals surface area contributed by atoms with Crippen LogP contribution in [0.1, 0.15) is 30.0 Å². The van der Waals surface area contributed by atoms with Crippen LogP contribution in [0.4, 0.5) is 11.6 Å². The van der Waals surface area contributed by atoms with Crippen LogP contribution in [0, 0.1) is 6.92 Å². The molecule has 5 nitrogen and oxygen atoms in total. The molecule has 3 heterocycles. The molecule has 0 aliphatic carbocycles. The van der Waals surface area contributed by atoms with Crippen LogP contribution in [0.2, 0.25) is 0 Å². The minimum atomic E-state index is 0.510. The molecular formula is C15H19N5. The predicted molar refractivity (Wildman–Crippen MR) is 79.1 cm³/mol. The number of hydrogen-bond acceptors (Lipinski definition) is 5. The van der Waals surface area contributed by atoms with Crippen LogP contribution >= 0.6 is 0 Å². The van der Waals surface area contributed by atoms with Crippen molar-refractivity contribution in [3.8, 4) is 0 Å². The van der Waals surface area contributed by atoms with Gasteiger partial charge in [-0.2, -0.15) is 0 Å². The van der Waals surface area contributed by atoms with Gasteiger partial charge in [0.25, 0.3) is 0 Å². The maximum atomic E-state index is 4.69. The van der Waals surface area contributed by atoms with E-state index in [4.69, 9.17) is 4.98 Å². The Morgan fingerprint density at radius 3 is 2.90 bits per heavy atom. The number of nitrogens with zero attached hydrogens (tertiary/aromatic N) is 3. The van der Waals surface area contributed by atoms with E-state index in [0.29, 0.717) is 5.92 Å². The topological polar surface area (TPSA) is 62.7 Å². The fourth-order valence-electron chi connectivity index (χ4n) is 2.49. The monoisotopic (exact) mass is 269 g/mol. The van der Waals surface area contributed by atoms with Crippen molar-refractivity contribution in [3.63, 3.8) is 0 Å². The highest BCUT2D eigenvalue weighted by molar-refractivity contribution is 5.54. The van der Waals surface area contributed by atoms with E-state index in [1.165, 1.54) is 0 Å². The molecule has 0 bridgehead atoms. The number of rotatable bonds is 3. The van der Waals surface area contributed by atoms with E-state index in [1.807, 2.05) is 25.3 Å². The molecule has 0 aromatic carbocycles. The number of piperidine rings is 1. The lowest BCUT2D eigenvalue weighted by molar-refractivity contribution is 0.452. The molecule has 0 saturated carbocycles. The predicted octanol–water partition coefficient (Wildman–Crippen LogP) is 2.39. The molecule has 0 radical (unpaired) electrons. The Morgan fingerprint density at radius 2 is 2.10 bits per heavy atom. The van der Waals surface area contributed by atoms with Crippen molar-refractivity contribution in [2.75, 3.05) is 18.4 Å². The van der Waals surface area contributed by atoms with Gasteiger partial charge >= 0.3 is 0 Å². The summed E-state index contributed by atoms with van der Waals surface area (Å²) in [7, 11) is 0. The summed E-state index contributed by atoms with van der Waals surface area (Å²) < 4.78 is 0. The normalized spacial score (nSPS) is 16.1. The average molecular weight is 269 g/mol. The van der Waals surface area contributed by atoms with Crippen molar-refractivity contribution < 1.29 is 0 Å². The number of pyridine rings is 1. The van der Waals surface area contributed by atoms with Crippen molar-refractivity contribution in [2.45, 2.75) is 25.7 Å². The van der Waals surface area contributed by atoms with Gasteiger partial charge in [-0.25, -0.2) is 9.97 Å². The maximum absolute atomic E-state index is 4.69. The van der Waals surface area contributed by atoms with Gasteiger partial charge in [-0.1, -0.05) is 6.07 Å². The zero-order chi connectivity index (χ0) is 13.8. The Kier molecular flexibility index (Phi) is 3.87. The molecule has 1 fully saturated rings. The Bertz CT molecular complexity index is 578. The van der Waals surface area contributed by atoms with Crippen LogP contribution in [0.5, 0.6) is 0 Å². The van der Waals surface area contributed by atoms with E-state index in [9.17, 15) is 0 Å². The standard InChI is InChI=1S/C15H19N5/c1-11-3-2-6-18-15(11)20-14-10-17-9-13(19-14)12-4-7-16-8-5-12/h2-3,6,9-10,12,16H,4-5,7-8H2,1H3,(H,18,19,20). The minimum absolute atomic E-state index is 0.510. The second-order valence-electron chi connectivity index (χ2n) is 5.15. The first-order chi connectivity index (χ1) is 9.83. The first-order valence-corrected chi connectivity index (χ1v) is 7.04. The number of anilines is 2. The van der Waals surface area contributed by atoms with E-state index in [2.05, 4.69) is 20.6 Å². The van der Waals surface area contributed by atoms with E-state index >= 15 is 0 Å². The molecule has 0 atom stereocenters. The maximum Gasteiger partial charge on any atom is 0.150 e. The van der Waals surface area contributed by atoms with Crippen LogP contribution in [0.3, 0.4) is 0 Å². The van der Waals surface area contributed by atoms with Crippen molar-refractivity contribution in [1.82, 2.24) is 20.3 Å². The number of aromatic nitrogens is 3. The molecule has 0 spiro atoms. The molecule has 2 aromatic rings. The smallest absolute Gasteiger partial charge is 0.150 e. The van der Waals surface area contributed by atoms with E-state index in [0.717, 1.165) is 48.8 Å². The van der Waals surface area contributed by atoms with Crippen LogP contribution in [0.25, 0.3) is 0 Å². The Balaban J connectivity index is 1.79. The summed E-state index contributed by atoms with van der Waals surface area (Å²) >= 11 is 0. The first kappa shape index (κ1) is 13.0. The van der Waals surface area contributed by atoms with Gasteiger partial charge in [0.05, 0.1) is 11.9 Å². The quantitative estimate of drug-likeness (QED) is 0.896. The molecule has 104 valence electrons. The van der Waals surface area contributed by atoms with Gasteiger partial charge < -0.3 is 10.6 Å². The van der Waals surface area contributed by atoms with E-state index in [-0.39, 0.29) is 0 Å². The highest BCUT2D eigenvalue weighted by atomic mass is 15.1. The summed E-state index contributed by atoms with van der Waals surface area (Å²) in [5.74, 6) is 2.11. The second-order valence-corrected chi connectivity index (χ2v) is 5.15. The van der Waals surface area contributed by atoms with Crippen molar-refractivity contribution in [2.24, 2.45) is 0 Å². The van der Waals surface area contributed by atoms with Gasteiger partial charge in [-0.3, -0.25) is 4.98 Å². The van der Waals surface area contributed by atoms with Gasteiger partial charge in [-0.05, 0) is 44.5 Å². The van der Waals surface area contributed by atoms with Crippen molar-refractivity contribution in [1.29, 1.82) is 0 Å². The van der Waals surface area contributed by atoms with E-state index in [1.54, 1.807) is 12.4 Å². The Labute approximate surface area is 118 Å². The summed E-state index contributed by atoms with van der Waals surface area (Å²) in [4.78, 5) is 13.3. The molecule has 1 saturated heterocycles. The molecule has 0 unspecified atom stereocenters.